The minimum Gasteiger partial charge on any atom is -0.364 e. The van der Waals surface area contributed by atoms with Crippen LogP contribution in [0.25, 0.3) is 11.3 Å². The summed E-state index contributed by atoms with van der Waals surface area (Å²) >= 11 is 0. The Hall–Kier alpha value is -1.65. The van der Waals surface area contributed by atoms with Crippen LogP contribution in [0.3, 0.4) is 0 Å². The molecule has 0 radical (unpaired) electrons. The third kappa shape index (κ3) is 1.77. The molecule has 78 valence electrons. The van der Waals surface area contributed by atoms with E-state index in [9.17, 15) is 10.2 Å². The molecule has 0 bridgehead atoms. The second-order valence-electron chi connectivity index (χ2n) is 3.25. The molecule has 2 rings (SSSR count). The molecule has 1 aromatic carbocycles. The lowest BCUT2D eigenvalue weighted by atomic mass is 10.1. The lowest BCUT2D eigenvalue weighted by molar-refractivity contribution is -0.0426. The maximum absolute atomic E-state index is 9.19. The fourth-order valence-electron chi connectivity index (χ4n) is 1.48. The fourth-order valence-corrected chi connectivity index (χ4v) is 1.48. The fraction of sp³-hybridized carbons (Fsp3) is 0.182. The van der Waals surface area contributed by atoms with Gasteiger partial charge in [-0.05, 0) is 6.92 Å². The van der Waals surface area contributed by atoms with E-state index in [1.807, 2.05) is 30.3 Å². The summed E-state index contributed by atoms with van der Waals surface area (Å²) in [5.74, 6) is 0.406. The normalized spacial score (nSPS) is 10.9. The van der Waals surface area contributed by atoms with E-state index in [-0.39, 0.29) is 0 Å². The summed E-state index contributed by atoms with van der Waals surface area (Å²) in [6, 6.07) is 9.22. The molecular weight excluding hydrogens is 194 g/mol. The average Bonchev–Trinajstić information content (AvgIpc) is 2.61. The largest absolute Gasteiger partial charge is 0.364 e. The number of hydrogen-bond donors (Lipinski definition) is 2. The highest BCUT2D eigenvalue weighted by Crippen LogP contribution is 2.29. The Labute approximate surface area is 86.8 Å². The van der Waals surface area contributed by atoms with Crippen molar-refractivity contribution in [1.29, 1.82) is 0 Å². The molecule has 0 aliphatic rings. The molecule has 1 aromatic heterocycles. The molecule has 0 saturated heterocycles. The highest BCUT2D eigenvalue weighted by Gasteiger charge is 2.19. The number of aromatic nitrogens is 1. The lowest BCUT2D eigenvalue weighted by Crippen LogP contribution is -1.97. The molecule has 15 heavy (non-hydrogen) atoms. The number of nitrogens with zero attached hydrogens (tertiary/aromatic N) is 1. The first-order valence-corrected chi connectivity index (χ1v) is 4.58. The Bertz CT molecular complexity index is 448. The SMILES string of the molecule is Cc1noc(-c2ccccc2)c1C(O)O. The monoisotopic (exact) mass is 205 g/mol. The predicted octanol–water partition coefficient (Wildman–Crippen LogP) is 1.63. The number of aliphatic hydroxyl groups is 2. The van der Waals surface area contributed by atoms with Crippen LogP contribution in [0.4, 0.5) is 0 Å². The second-order valence-corrected chi connectivity index (χ2v) is 3.25. The first-order valence-electron chi connectivity index (χ1n) is 4.58. The van der Waals surface area contributed by atoms with E-state index >= 15 is 0 Å². The van der Waals surface area contributed by atoms with Crippen molar-refractivity contribution < 1.29 is 14.7 Å². The van der Waals surface area contributed by atoms with Gasteiger partial charge in [-0.3, -0.25) is 0 Å². The zero-order valence-electron chi connectivity index (χ0n) is 8.21. The zero-order valence-corrected chi connectivity index (χ0v) is 8.21. The Balaban J connectivity index is 2.54. The van der Waals surface area contributed by atoms with Crippen LogP contribution in [0.1, 0.15) is 17.5 Å². The number of benzene rings is 1. The van der Waals surface area contributed by atoms with Crippen molar-refractivity contribution in [2.45, 2.75) is 13.2 Å². The molecule has 2 N–H and O–H groups in total. The van der Waals surface area contributed by atoms with Crippen LogP contribution in [-0.2, 0) is 0 Å². The molecule has 2 aromatic rings. The van der Waals surface area contributed by atoms with Gasteiger partial charge in [-0.2, -0.15) is 0 Å². The number of hydrogen-bond acceptors (Lipinski definition) is 4. The average molecular weight is 205 g/mol. The highest BCUT2D eigenvalue weighted by atomic mass is 16.5. The molecule has 0 aliphatic carbocycles. The minimum atomic E-state index is -1.56. The standard InChI is InChI=1S/C11H11NO3/c1-7-9(11(13)14)10(15-12-7)8-5-3-2-4-6-8/h2-6,11,13-14H,1H3. The maximum atomic E-state index is 9.19. The van der Waals surface area contributed by atoms with Gasteiger partial charge in [0.15, 0.2) is 12.1 Å². The summed E-state index contributed by atoms with van der Waals surface area (Å²) in [7, 11) is 0. The number of aryl methyl sites for hydroxylation is 1. The van der Waals surface area contributed by atoms with Crippen molar-refractivity contribution in [3.05, 3.63) is 41.6 Å². The van der Waals surface area contributed by atoms with Crippen LogP contribution in [0.2, 0.25) is 0 Å². The Morgan fingerprint density at radius 2 is 1.87 bits per heavy atom. The van der Waals surface area contributed by atoms with E-state index in [4.69, 9.17) is 4.52 Å². The van der Waals surface area contributed by atoms with Gasteiger partial charge in [-0.1, -0.05) is 35.5 Å². The summed E-state index contributed by atoms with van der Waals surface area (Å²) in [6.45, 7) is 1.67. The van der Waals surface area contributed by atoms with E-state index in [0.717, 1.165) is 5.56 Å². The Morgan fingerprint density at radius 1 is 1.20 bits per heavy atom. The van der Waals surface area contributed by atoms with Crippen molar-refractivity contribution in [2.75, 3.05) is 0 Å². The minimum absolute atomic E-state index is 0.321. The maximum Gasteiger partial charge on any atom is 0.184 e. The number of rotatable bonds is 2. The molecule has 4 heteroatoms. The molecular formula is C11H11NO3. The van der Waals surface area contributed by atoms with Gasteiger partial charge in [0.2, 0.25) is 0 Å². The molecule has 0 spiro atoms. The summed E-state index contributed by atoms with van der Waals surface area (Å²) < 4.78 is 5.07. The summed E-state index contributed by atoms with van der Waals surface area (Å²) in [4.78, 5) is 0. The number of aliphatic hydroxyl groups excluding tert-OH is 1. The van der Waals surface area contributed by atoms with Gasteiger partial charge in [0, 0.05) is 5.56 Å². The van der Waals surface area contributed by atoms with Crippen molar-refractivity contribution in [3.8, 4) is 11.3 Å². The third-order valence-corrected chi connectivity index (χ3v) is 2.20. The molecule has 0 atom stereocenters. The molecule has 4 nitrogen and oxygen atoms in total. The van der Waals surface area contributed by atoms with Gasteiger partial charge in [-0.25, -0.2) is 0 Å². The van der Waals surface area contributed by atoms with Crippen molar-refractivity contribution in [1.82, 2.24) is 5.16 Å². The van der Waals surface area contributed by atoms with Crippen LogP contribution in [0.5, 0.6) is 0 Å². The van der Waals surface area contributed by atoms with Crippen molar-refractivity contribution in [2.24, 2.45) is 0 Å². The predicted molar refractivity (Wildman–Crippen MR) is 53.9 cm³/mol. The molecule has 1 heterocycles. The first kappa shape index (κ1) is 9.89. The van der Waals surface area contributed by atoms with Gasteiger partial charge < -0.3 is 14.7 Å². The molecule has 0 fully saturated rings. The Kier molecular flexibility index (Phi) is 2.53. The first-order chi connectivity index (χ1) is 7.20. The molecule has 0 aliphatic heterocycles. The second kappa shape index (κ2) is 3.84. The van der Waals surface area contributed by atoms with Crippen molar-refractivity contribution >= 4 is 0 Å². The van der Waals surface area contributed by atoms with E-state index < -0.39 is 6.29 Å². The van der Waals surface area contributed by atoms with Crippen LogP contribution in [-0.4, -0.2) is 15.4 Å². The van der Waals surface area contributed by atoms with Crippen LogP contribution < -0.4 is 0 Å². The third-order valence-electron chi connectivity index (χ3n) is 2.20. The van der Waals surface area contributed by atoms with Crippen LogP contribution in [0.15, 0.2) is 34.9 Å². The Morgan fingerprint density at radius 3 is 2.47 bits per heavy atom. The summed E-state index contributed by atoms with van der Waals surface area (Å²) in [6.07, 6.45) is -1.56. The van der Waals surface area contributed by atoms with Gasteiger partial charge >= 0.3 is 0 Å². The van der Waals surface area contributed by atoms with Crippen LogP contribution >= 0.6 is 0 Å². The van der Waals surface area contributed by atoms with Crippen LogP contribution in [0, 0.1) is 6.92 Å². The molecule has 0 unspecified atom stereocenters. The van der Waals surface area contributed by atoms with Gasteiger partial charge in [-0.15, -0.1) is 0 Å². The topological polar surface area (TPSA) is 66.5 Å². The summed E-state index contributed by atoms with van der Waals surface area (Å²) in [5, 5.41) is 22.1. The van der Waals surface area contributed by atoms with E-state index in [0.29, 0.717) is 17.0 Å². The van der Waals surface area contributed by atoms with Gasteiger partial charge in [0.05, 0.1) is 11.3 Å². The van der Waals surface area contributed by atoms with Crippen molar-refractivity contribution in [3.63, 3.8) is 0 Å². The quantitative estimate of drug-likeness (QED) is 0.731. The molecule has 0 amide bonds. The summed E-state index contributed by atoms with van der Waals surface area (Å²) in [5.41, 5.74) is 1.59. The van der Waals surface area contributed by atoms with Gasteiger partial charge in [0.25, 0.3) is 0 Å². The van der Waals surface area contributed by atoms with E-state index in [1.165, 1.54) is 0 Å². The zero-order chi connectivity index (χ0) is 10.8. The highest BCUT2D eigenvalue weighted by molar-refractivity contribution is 5.61. The van der Waals surface area contributed by atoms with E-state index in [1.54, 1.807) is 6.92 Å². The molecule has 0 saturated carbocycles. The lowest BCUT2D eigenvalue weighted by Gasteiger charge is -2.03. The van der Waals surface area contributed by atoms with E-state index in [2.05, 4.69) is 5.16 Å². The smallest absolute Gasteiger partial charge is 0.184 e. The van der Waals surface area contributed by atoms with Gasteiger partial charge in [0.1, 0.15) is 0 Å².